The number of hydrogen-bond acceptors (Lipinski definition) is 2. The van der Waals surface area contributed by atoms with Crippen LogP contribution in [-0.2, 0) is 0 Å². The molecule has 0 spiro atoms. The van der Waals surface area contributed by atoms with Gasteiger partial charge in [0.25, 0.3) is 0 Å². The lowest BCUT2D eigenvalue weighted by Crippen LogP contribution is -2.19. The van der Waals surface area contributed by atoms with E-state index in [9.17, 15) is 8.78 Å². The van der Waals surface area contributed by atoms with Crippen molar-refractivity contribution in [3.63, 3.8) is 0 Å². The minimum atomic E-state index is -3.18. The van der Waals surface area contributed by atoms with Gasteiger partial charge in [-0.2, -0.15) is 8.78 Å². The lowest BCUT2D eigenvalue weighted by molar-refractivity contribution is -0.159. The molecular formula is C8H8BrF2NO. The Hall–Kier alpha value is -0.710. The molecule has 0 saturated carbocycles. The number of nitrogens with zero attached hydrogens (tertiary/aromatic N) is 1. The van der Waals surface area contributed by atoms with Gasteiger partial charge in [0.15, 0.2) is 5.75 Å². The average Bonchev–Trinajstić information content (AvgIpc) is 1.94. The van der Waals surface area contributed by atoms with Crippen LogP contribution in [0, 0.1) is 6.92 Å². The first-order chi connectivity index (χ1) is 5.88. The lowest BCUT2D eigenvalue weighted by atomic mass is 10.3. The molecule has 0 unspecified atom stereocenters. The van der Waals surface area contributed by atoms with Gasteiger partial charge in [0.1, 0.15) is 4.60 Å². The predicted octanol–water partition coefficient (Wildman–Crippen LogP) is 3.14. The second-order valence-corrected chi connectivity index (χ2v) is 3.46. The van der Waals surface area contributed by atoms with Gasteiger partial charge in [-0.05, 0) is 34.5 Å². The van der Waals surface area contributed by atoms with E-state index < -0.39 is 6.11 Å². The summed E-state index contributed by atoms with van der Waals surface area (Å²) in [5, 5.41) is 0. The topological polar surface area (TPSA) is 22.1 Å². The SMILES string of the molecule is Cc1cnc(Br)c(OC(C)(F)F)c1. The zero-order valence-corrected chi connectivity index (χ0v) is 8.73. The molecule has 2 nitrogen and oxygen atoms in total. The van der Waals surface area contributed by atoms with Crippen LogP contribution in [0.2, 0.25) is 0 Å². The van der Waals surface area contributed by atoms with Crippen LogP contribution in [0.5, 0.6) is 5.75 Å². The first-order valence-corrected chi connectivity index (χ1v) is 4.37. The van der Waals surface area contributed by atoms with E-state index in [1.54, 1.807) is 13.1 Å². The second-order valence-electron chi connectivity index (χ2n) is 2.71. The van der Waals surface area contributed by atoms with Crippen molar-refractivity contribution in [1.29, 1.82) is 0 Å². The molecule has 72 valence electrons. The number of pyridine rings is 1. The highest BCUT2D eigenvalue weighted by Gasteiger charge is 2.24. The highest BCUT2D eigenvalue weighted by molar-refractivity contribution is 9.10. The van der Waals surface area contributed by atoms with Gasteiger partial charge in [-0.1, -0.05) is 0 Å². The van der Waals surface area contributed by atoms with Gasteiger partial charge >= 0.3 is 6.11 Å². The van der Waals surface area contributed by atoms with E-state index in [4.69, 9.17) is 0 Å². The Balaban J connectivity index is 2.94. The Bertz CT molecular complexity index is 312. The van der Waals surface area contributed by atoms with Crippen molar-refractivity contribution < 1.29 is 13.5 Å². The minimum Gasteiger partial charge on any atom is -0.430 e. The standard InChI is InChI=1S/C8H8BrF2NO/c1-5-3-6(7(9)12-4-5)13-8(2,10)11/h3-4H,1-2H3. The highest BCUT2D eigenvalue weighted by atomic mass is 79.9. The van der Waals surface area contributed by atoms with Crippen LogP contribution in [-0.4, -0.2) is 11.1 Å². The molecule has 1 aromatic rings. The molecule has 13 heavy (non-hydrogen) atoms. The fraction of sp³-hybridized carbons (Fsp3) is 0.375. The quantitative estimate of drug-likeness (QED) is 0.754. The fourth-order valence-corrected chi connectivity index (χ4v) is 1.09. The van der Waals surface area contributed by atoms with Gasteiger partial charge in [-0.3, -0.25) is 0 Å². The largest absolute Gasteiger partial charge is 0.430 e. The average molecular weight is 252 g/mol. The third-order valence-electron chi connectivity index (χ3n) is 1.23. The summed E-state index contributed by atoms with van der Waals surface area (Å²) in [7, 11) is 0. The van der Waals surface area contributed by atoms with E-state index >= 15 is 0 Å². The molecule has 0 aliphatic heterocycles. The summed E-state index contributed by atoms with van der Waals surface area (Å²) in [6.45, 7) is 2.43. The van der Waals surface area contributed by atoms with Crippen LogP contribution in [0.25, 0.3) is 0 Å². The molecule has 0 atom stereocenters. The van der Waals surface area contributed by atoms with Crippen LogP contribution < -0.4 is 4.74 Å². The maximum atomic E-state index is 12.4. The molecule has 0 aromatic carbocycles. The summed E-state index contributed by atoms with van der Waals surface area (Å²) in [6, 6.07) is 1.49. The van der Waals surface area contributed by atoms with Crippen molar-refractivity contribution in [2.24, 2.45) is 0 Å². The molecule has 0 bridgehead atoms. The second kappa shape index (κ2) is 3.57. The van der Waals surface area contributed by atoms with Gasteiger partial charge in [0.2, 0.25) is 0 Å². The smallest absolute Gasteiger partial charge is 0.395 e. The van der Waals surface area contributed by atoms with E-state index in [1.807, 2.05) is 0 Å². The number of halogens is 3. The fourth-order valence-electron chi connectivity index (χ4n) is 0.790. The van der Waals surface area contributed by atoms with Crippen molar-refractivity contribution in [3.8, 4) is 5.75 Å². The third-order valence-corrected chi connectivity index (χ3v) is 1.83. The molecule has 0 radical (unpaired) electrons. The maximum absolute atomic E-state index is 12.4. The Morgan fingerprint density at radius 2 is 2.15 bits per heavy atom. The van der Waals surface area contributed by atoms with Crippen molar-refractivity contribution >= 4 is 15.9 Å². The van der Waals surface area contributed by atoms with Crippen molar-refractivity contribution in [3.05, 3.63) is 22.4 Å². The molecule has 5 heteroatoms. The molecule has 0 N–H and O–H groups in total. The van der Waals surface area contributed by atoms with Gasteiger partial charge in [-0.25, -0.2) is 4.98 Å². The van der Waals surface area contributed by atoms with Crippen molar-refractivity contribution in [1.82, 2.24) is 4.98 Å². The van der Waals surface area contributed by atoms with Gasteiger partial charge in [0, 0.05) is 13.1 Å². The summed E-state index contributed by atoms with van der Waals surface area (Å²) in [5.41, 5.74) is 0.766. The van der Waals surface area contributed by atoms with E-state index in [0.29, 0.717) is 6.92 Å². The highest BCUT2D eigenvalue weighted by Crippen LogP contribution is 2.28. The molecule has 0 fully saturated rings. The Morgan fingerprint density at radius 1 is 1.54 bits per heavy atom. The van der Waals surface area contributed by atoms with Gasteiger partial charge < -0.3 is 4.74 Å². The Morgan fingerprint density at radius 3 is 2.69 bits per heavy atom. The number of alkyl halides is 2. The van der Waals surface area contributed by atoms with Gasteiger partial charge in [0.05, 0.1) is 0 Å². The summed E-state index contributed by atoms with van der Waals surface area (Å²) in [5.74, 6) is 0.0486. The van der Waals surface area contributed by atoms with E-state index in [2.05, 4.69) is 25.7 Å². The molecule has 0 aliphatic rings. The van der Waals surface area contributed by atoms with E-state index in [0.717, 1.165) is 5.56 Å². The number of aromatic nitrogens is 1. The molecule has 1 aromatic heterocycles. The summed E-state index contributed by atoms with van der Waals surface area (Å²) in [4.78, 5) is 3.82. The predicted molar refractivity (Wildman–Crippen MR) is 47.9 cm³/mol. The minimum absolute atomic E-state index is 0.0486. The molecule has 1 heterocycles. The summed E-state index contributed by atoms with van der Waals surface area (Å²) in [6.07, 6.45) is -1.62. The first kappa shape index (κ1) is 10.4. The third kappa shape index (κ3) is 3.26. The zero-order chi connectivity index (χ0) is 10.1. The van der Waals surface area contributed by atoms with E-state index in [1.165, 1.54) is 6.07 Å². The van der Waals surface area contributed by atoms with Crippen LogP contribution in [0.3, 0.4) is 0 Å². The number of rotatable bonds is 2. The molecule has 1 rings (SSSR count). The lowest BCUT2D eigenvalue weighted by Gasteiger charge is -2.13. The molecule has 0 aliphatic carbocycles. The van der Waals surface area contributed by atoms with Crippen LogP contribution >= 0.6 is 15.9 Å². The Kier molecular flexibility index (Phi) is 2.85. The number of hydrogen-bond donors (Lipinski definition) is 0. The Labute approximate surface area is 83.1 Å². The van der Waals surface area contributed by atoms with Crippen LogP contribution in [0.15, 0.2) is 16.9 Å². The maximum Gasteiger partial charge on any atom is 0.395 e. The first-order valence-electron chi connectivity index (χ1n) is 3.57. The monoisotopic (exact) mass is 251 g/mol. The summed E-state index contributed by atoms with van der Waals surface area (Å²) >= 11 is 3.01. The van der Waals surface area contributed by atoms with Crippen LogP contribution in [0.1, 0.15) is 12.5 Å². The van der Waals surface area contributed by atoms with E-state index in [-0.39, 0.29) is 10.4 Å². The molecule has 0 saturated heterocycles. The van der Waals surface area contributed by atoms with Crippen molar-refractivity contribution in [2.45, 2.75) is 20.0 Å². The molecular weight excluding hydrogens is 244 g/mol. The number of ether oxygens (including phenoxy) is 1. The van der Waals surface area contributed by atoms with Crippen molar-refractivity contribution in [2.75, 3.05) is 0 Å². The number of aryl methyl sites for hydroxylation is 1. The zero-order valence-electron chi connectivity index (χ0n) is 7.14. The molecule has 0 amide bonds. The van der Waals surface area contributed by atoms with Gasteiger partial charge in [-0.15, -0.1) is 0 Å². The van der Waals surface area contributed by atoms with Crippen LogP contribution in [0.4, 0.5) is 8.78 Å². The summed E-state index contributed by atoms with van der Waals surface area (Å²) < 4.78 is 29.5. The normalized spacial score (nSPS) is 11.5.